The number of phosphoric acid groups is 1. The van der Waals surface area contributed by atoms with Crippen LogP contribution in [0.5, 0.6) is 0 Å². The molecule has 12 heteroatoms. The standard InChI is InChI=1S/C26H35N4O6P.Na/c1-26(2)13-22-24(23(31)14-26)21(11-15-3-4-15)29-30(22)17-7-10-19(25(27)32)20(12-17)28-16-5-8-18(9-6-16)36-37(33,34)35;/h7,10,12,15-16,18,28H,3-6,8-9,11,13-14H2,1-2H3,(H2,27,32)(H2,33,34,35);/q;+1/p-1. The van der Waals surface area contributed by atoms with Gasteiger partial charge in [-0.15, -0.1) is 0 Å². The fourth-order valence-corrected chi connectivity index (χ4v) is 6.29. The number of nitrogens with zero attached hydrogens (tertiary/aromatic N) is 2. The number of nitrogens with one attached hydrogen (secondary N) is 1. The number of aromatic nitrogens is 2. The molecule has 1 unspecified atom stereocenters. The van der Waals surface area contributed by atoms with Gasteiger partial charge in [-0.05, 0) is 80.9 Å². The van der Waals surface area contributed by atoms with Gasteiger partial charge in [0, 0.05) is 18.2 Å². The van der Waals surface area contributed by atoms with E-state index in [1.165, 1.54) is 12.8 Å². The third kappa shape index (κ3) is 6.78. The van der Waals surface area contributed by atoms with Crippen LogP contribution in [0.25, 0.3) is 5.69 Å². The number of carbonyl (C=O) groups is 2. The van der Waals surface area contributed by atoms with Crippen LogP contribution < -0.4 is 45.5 Å². The number of benzene rings is 1. The number of rotatable bonds is 8. The molecule has 200 valence electrons. The fourth-order valence-electron chi connectivity index (χ4n) is 5.70. The molecule has 1 aromatic heterocycles. The summed E-state index contributed by atoms with van der Waals surface area (Å²) in [5.41, 5.74) is 9.71. The van der Waals surface area contributed by atoms with Crippen molar-refractivity contribution in [1.29, 1.82) is 0 Å². The van der Waals surface area contributed by atoms with Gasteiger partial charge in [0.2, 0.25) is 0 Å². The van der Waals surface area contributed by atoms with Crippen LogP contribution in [0, 0.1) is 11.3 Å². The summed E-state index contributed by atoms with van der Waals surface area (Å²) >= 11 is 0. The fraction of sp³-hybridized carbons (Fsp3) is 0.577. The van der Waals surface area contributed by atoms with Crippen LogP contribution in [0.2, 0.25) is 0 Å². The van der Waals surface area contributed by atoms with Crippen molar-refractivity contribution in [3.05, 3.63) is 40.7 Å². The first-order valence-electron chi connectivity index (χ1n) is 13.0. The number of carbonyl (C=O) groups excluding carboxylic acids is 2. The molecule has 38 heavy (non-hydrogen) atoms. The maximum atomic E-state index is 13.2. The summed E-state index contributed by atoms with van der Waals surface area (Å²) in [6, 6.07) is 5.31. The second kappa shape index (κ2) is 11.2. The van der Waals surface area contributed by atoms with E-state index in [0.29, 0.717) is 49.3 Å². The molecule has 5 rings (SSSR count). The van der Waals surface area contributed by atoms with E-state index in [9.17, 15) is 19.0 Å². The average molecular weight is 553 g/mol. The normalized spacial score (nSPS) is 24.2. The second-order valence-corrected chi connectivity index (χ2v) is 12.7. The van der Waals surface area contributed by atoms with E-state index < -0.39 is 19.8 Å². The summed E-state index contributed by atoms with van der Waals surface area (Å²) in [6.07, 6.45) is 5.90. The van der Waals surface area contributed by atoms with Gasteiger partial charge in [-0.3, -0.25) is 14.2 Å². The Labute approximate surface area is 244 Å². The maximum Gasteiger partial charge on any atom is 1.00 e. The van der Waals surface area contributed by atoms with Crippen LogP contribution in [-0.2, 0) is 21.9 Å². The number of phosphoric ester groups is 1. The predicted molar refractivity (Wildman–Crippen MR) is 136 cm³/mol. The van der Waals surface area contributed by atoms with Crippen LogP contribution in [0.4, 0.5) is 5.69 Å². The van der Waals surface area contributed by atoms with E-state index in [4.69, 9.17) is 20.2 Å². The zero-order valence-corrected chi connectivity index (χ0v) is 25.1. The number of primary amides is 1. The van der Waals surface area contributed by atoms with Crippen LogP contribution in [-0.4, -0.2) is 38.5 Å². The van der Waals surface area contributed by atoms with Crippen molar-refractivity contribution in [3.8, 4) is 5.69 Å². The number of nitrogens with two attached hydrogens (primary N) is 1. The SMILES string of the molecule is CC1(C)CC(=O)c2c(CC3CC3)nn(-c3ccc(C(N)=O)c(NC4CCC(OP(=O)([O-])O)CC4)c3)c2C1.[Na+]. The molecule has 0 saturated heterocycles. The molecule has 2 saturated carbocycles. The Morgan fingerprint density at radius 2 is 1.92 bits per heavy atom. The summed E-state index contributed by atoms with van der Waals surface area (Å²) in [4.78, 5) is 45.4. The Bertz CT molecular complexity index is 1280. The Balaban J connectivity index is 0.00000336. The van der Waals surface area contributed by atoms with Crippen molar-refractivity contribution in [2.24, 2.45) is 17.1 Å². The molecule has 10 nitrogen and oxygen atoms in total. The van der Waals surface area contributed by atoms with Crippen LogP contribution in [0.15, 0.2) is 18.2 Å². The molecule has 2 fully saturated rings. The molecule has 3 aliphatic rings. The van der Waals surface area contributed by atoms with Crippen molar-refractivity contribution in [2.45, 2.75) is 83.8 Å². The molecule has 0 aliphatic heterocycles. The quantitative estimate of drug-likeness (QED) is 0.311. The first kappa shape index (κ1) is 29.5. The monoisotopic (exact) mass is 552 g/mol. The van der Waals surface area contributed by atoms with Gasteiger partial charge in [0.25, 0.3) is 13.7 Å². The number of hydrogen-bond donors (Lipinski definition) is 3. The Hall–Kier alpha value is -1.52. The van der Waals surface area contributed by atoms with Crippen molar-refractivity contribution in [1.82, 2.24) is 9.78 Å². The largest absolute Gasteiger partial charge is 1.00 e. The minimum atomic E-state index is -4.77. The van der Waals surface area contributed by atoms with E-state index >= 15 is 0 Å². The van der Waals surface area contributed by atoms with Gasteiger partial charge in [0.1, 0.15) is 0 Å². The zero-order chi connectivity index (χ0) is 26.5. The van der Waals surface area contributed by atoms with E-state index in [0.717, 1.165) is 35.5 Å². The molecule has 0 bridgehead atoms. The van der Waals surface area contributed by atoms with Gasteiger partial charge in [-0.25, -0.2) is 4.68 Å². The number of fused-ring (bicyclic) bond motifs is 1. The number of ketones is 1. The summed E-state index contributed by atoms with van der Waals surface area (Å²) in [5, 5.41) is 8.32. The van der Waals surface area contributed by atoms with Crippen molar-refractivity contribution in [3.63, 3.8) is 0 Å². The van der Waals surface area contributed by atoms with Crippen molar-refractivity contribution < 1.29 is 58.0 Å². The van der Waals surface area contributed by atoms with Crippen molar-refractivity contribution in [2.75, 3.05) is 5.32 Å². The molecule has 0 spiro atoms. The minimum Gasteiger partial charge on any atom is -0.756 e. The molecule has 1 amide bonds. The summed E-state index contributed by atoms with van der Waals surface area (Å²) < 4.78 is 17.7. The Morgan fingerprint density at radius 3 is 2.53 bits per heavy atom. The number of hydrogen-bond acceptors (Lipinski definition) is 7. The third-order valence-electron chi connectivity index (χ3n) is 7.63. The maximum absolute atomic E-state index is 13.2. The predicted octanol–water partition coefficient (Wildman–Crippen LogP) is 0.283. The van der Waals surface area contributed by atoms with E-state index in [1.807, 2.05) is 16.8 Å². The molecule has 3 aliphatic carbocycles. The molecule has 0 radical (unpaired) electrons. The molecule has 2 aromatic rings. The third-order valence-corrected chi connectivity index (χ3v) is 8.19. The second-order valence-electron chi connectivity index (χ2n) is 11.6. The summed E-state index contributed by atoms with van der Waals surface area (Å²) in [7, 11) is -4.77. The van der Waals surface area contributed by atoms with Gasteiger partial charge >= 0.3 is 29.6 Å². The van der Waals surface area contributed by atoms with Gasteiger partial charge in [0.05, 0.1) is 34.3 Å². The molecule has 1 heterocycles. The summed E-state index contributed by atoms with van der Waals surface area (Å²) in [5.74, 6) is 0.168. The van der Waals surface area contributed by atoms with E-state index in [1.54, 1.807) is 6.07 Å². The number of Topliss-reactive ketones (excluding diaryl/α,β-unsaturated/α-hetero) is 1. The zero-order valence-electron chi connectivity index (χ0n) is 22.2. The van der Waals surface area contributed by atoms with Crippen molar-refractivity contribution >= 4 is 25.2 Å². The first-order chi connectivity index (χ1) is 17.4. The molecular weight excluding hydrogens is 518 g/mol. The number of anilines is 1. The van der Waals surface area contributed by atoms with Gasteiger partial charge in [0.15, 0.2) is 5.78 Å². The van der Waals surface area contributed by atoms with Crippen LogP contribution >= 0.6 is 7.82 Å². The molecule has 1 aromatic carbocycles. The van der Waals surface area contributed by atoms with E-state index in [2.05, 4.69) is 19.2 Å². The molecular formula is C26H34N4NaO6P. The molecule has 4 N–H and O–H groups in total. The summed E-state index contributed by atoms with van der Waals surface area (Å²) in [6.45, 7) is 4.19. The minimum absolute atomic E-state index is 0. The number of amides is 1. The van der Waals surface area contributed by atoms with Gasteiger partial charge < -0.3 is 25.4 Å². The van der Waals surface area contributed by atoms with Gasteiger partial charge in [-0.1, -0.05) is 13.8 Å². The van der Waals surface area contributed by atoms with Crippen LogP contribution in [0.3, 0.4) is 0 Å². The first-order valence-corrected chi connectivity index (χ1v) is 14.4. The van der Waals surface area contributed by atoms with Crippen LogP contribution in [0.1, 0.15) is 90.9 Å². The topological polar surface area (TPSA) is 160 Å². The smallest absolute Gasteiger partial charge is 0.756 e. The molecule has 1 atom stereocenters. The Morgan fingerprint density at radius 1 is 1.24 bits per heavy atom. The van der Waals surface area contributed by atoms with Gasteiger partial charge in [-0.2, -0.15) is 5.10 Å². The Kier molecular flexibility index (Phi) is 8.65. The average Bonchev–Trinajstić information content (AvgIpc) is 3.53. The van der Waals surface area contributed by atoms with E-state index in [-0.39, 0.29) is 46.8 Å².